The Morgan fingerprint density at radius 1 is 1.28 bits per heavy atom. The van der Waals surface area contributed by atoms with Crippen LogP contribution < -0.4 is 5.32 Å². The van der Waals surface area contributed by atoms with E-state index in [-0.39, 0.29) is 11.3 Å². The number of rotatable bonds is 2. The van der Waals surface area contributed by atoms with Crippen molar-refractivity contribution in [3.05, 3.63) is 42.1 Å². The SMILES string of the molecule is CC(C)(C)CNC(=O)c1cnc2ccccc2c1. The van der Waals surface area contributed by atoms with Gasteiger partial charge in [0.05, 0.1) is 11.1 Å². The van der Waals surface area contributed by atoms with Gasteiger partial charge in [0, 0.05) is 18.1 Å². The summed E-state index contributed by atoms with van der Waals surface area (Å²) in [7, 11) is 0. The van der Waals surface area contributed by atoms with E-state index in [9.17, 15) is 4.79 Å². The van der Waals surface area contributed by atoms with Gasteiger partial charge in [-0.1, -0.05) is 39.0 Å². The lowest BCUT2D eigenvalue weighted by Crippen LogP contribution is -2.32. The first-order valence-electron chi connectivity index (χ1n) is 6.09. The van der Waals surface area contributed by atoms with Gasteiger partial charge in [-0.25, -0.2) is 0 Å². The van der Waals surface area contributed by atoms with Crippen molar-refractivity contribution < 1.29 is 4.79 Å². The van der Waals surface area contributed by atoms with Crippen LogP contribution in [0.4, 0.5) is 0 Å². The number of hydrogen-bond donors (Lipinski definition) is 1. The monoisotopic (exact) mass is 242 g/mol. The van der Waals surface area contributed by atoms with Crippen molar-refractivity contribution in [2.45, 2.75) is 20.8 Å². The van der Waals surface area contributed by atoms with E-state index in [1.54, 1.807) is 6.20 Å². The molecule has 0 aliphatic carbocycles. The molecule has 0 aliphatic heterocycles. The van der Waals surface area contributed by atoms with Crippen molar-refractivity contribution in [2.24, 2.45) is 5.41 Å². The summed E-state index contributed by atoms with van der Waals surface area (Å²) in [6.07, 6.45) is 1.63. The van der Waals surface area contributed by atoms with Crippen molar-refractivity contribution in [3.63, 3.8) is 0 Å². The number of nitrogens with zero attached hydrogens (tertiary/aromatic N) is 1. The van der Waals surface area contributed by atoms with E-state index in [1.165, 1.54) is 0 Å². The summed E-state index contributed by atoms with van der Waals surface area (Å²) in [5.41, 5.74) is 1.60. The quantitative estimate of drug-likeness (QED) is 0.879. The van der Waals surface area contributed by atoms with E-state index in [0.29, 0.717) is 12.1 Å². The van der Waals surface area contributed by atoms with Crippen molar-refractivity contribution in [1.29, 1.82) is 0 Å². The number of amides is 1. The number of carbonyl (C=O) groups excluding carboxylic acids is 1. The maximum atomic E-state index is 12.0. The minimum atomic E-state index is -0.0665. The van der Waals surface area contributed by atoms with Gasteiger partial charge in [0.2, 0.25) is 0 Å². The smallest absolute Gasteiger partial charge is 0.252 e. The van der Waals surface area contributed by atoms with Gasteiger partial charge >= 0.3 is 0 Å². The van der Waals surface area contributed by atoms with Crippen LogP contribution in [-0.2, 0) is 0 Å². The number of pyridine rings is 1. The lowest BCUT2D eigenvalue weighted by Gasteiger charge is -2.18. The highest BCUT2D eigenvalue weighted by atomic mass is 16.1. The summed E-state index contributed by atoms with van der Waals surface area (Å²) >= 11 is 0. The fraction of sp³-hybridized carbons (Fsp3) is 0.333. The predicted molar refractivity (Wildman–Crippen MR) is 73.5 cm³/mol. The Morgan fingerprint density at radius 2 is 2.00 bits per heavy atom. The van der Waals surface area contributed by atoms with E-state index in [2.05, 4.69) is 31.1 Å². The maximum absolute atomic E-state index is 12.0. The van der Waals surface area contributed by atoms with Gasteiger partial charge in [-0.2, -0.15) is 0 Å². The summed E-state index contributed by atoms with van der Waals surface area (Å²) in [4.78, 5) is 16.3. The molecule has 2 aromatic rings. The van der Waals surface area contributed by atoms with Crippen LogP contribution in [0, 0.1) is 5.41 Å². The van der Waals surface area contributed by atoms with E-state index in [4.69, 9.17) is 0 Å². The second-order valence-electron chi connectivity index (χ2n) is 5.66. The zero-order valence-corrected chi connectivity index (χ0v) is 11.0. The molecule has 0 spiro atoms. The molecule has 94 valence electrons. The Hall–Kier alpha value is -1.90. The lowest BCUT2D eigenvalue weighted by atomic mass is 9.97. The summed E-state index contributed by atoms with van der Waals surface area (Å²) < 4.78 is 0. The van der Waals surface area contributed by atoms with Crippen molar-refractivity contribution in [3.8, 4) is 0 Å². The van der Waals surface area contributed by atoms with Gasteiger partial charge in [-0.05, 0) is 17.5 Å². The average molecular weight is 242 g/mol. The largest absolute Gasteiger partial charge is 0.351 e. The number of fused-ring (bicyclic) bond motifs is 1. The molecule has 1 aromatic carbocycles. The standard InChI is InChI=1S/C15H18N2O/c1-15(2,3)10-17-14(18)12-8-11-6-4-5-7-13(11)16-9-12/h4-9H,10H2,1-3H3,(H,17,18). The molecule has 1 N–H and O–H groups in total. The van der Waals surface area contributed by atoms with Gasteiger partial charge in [-0.3, -0.25) is 9.78 Å². The minimum absolute atomic E-state index is 0.0665. The number of nitrogens with one attached hydrogen (secondary N) is 1. The highest BCUT2D eigenvalue weighted by molar-refractivity contribution is 5.97. The molecule has 0 unspecified atom stereocenters. The number of benzene rings is 1. The van der Waals surface area contributed by atoms with Crippen LogP contribution in [0.3, 0.4) is 0 Å². The third kappa shape index (κ3) is 3.06. The van der Waals surface area contributed by atoms with Crippen molar-refractivity contribution >= 4 is 16.8 Å². The fourth-order valence-corrected chi connectivity index (χ4v) is 1.64. The van der Waals surface area contributed by atoms with E-state index in [0.717, 1.165) is 10.9 Å². The van der Waals surface area contributed by atoms with Gasteiger partial charge < -0.3 is 5.32 Å². The maximum Gasteiger partial charge on any atom is 0.252 e. The van der Waals surface area contributed by atoms with Crippen LogP contribution in [0.25, 0.3) is 10.9 Å². The van der Waals surface area contributed by atoms with Crippen LogP contribution in [0.1, 0.15) is 31.1 Å². The topological polar surface area (TPSA) is 42.0 Å². The second-order valence-corrected chi connectivity index (χ2v) is 5.66. The molecule has 1 amide bonds. The van der Waals surface area contributed by atoms with Crippen molar-refractivity contribution in [1.82, 2.24) is 10.3 Å². The number of hydrogen-bond acceptors (Lipinski definition) is 2. The molecule has 1 aromatic heterocycles. The fourth-order valence-electron chi connectivity index (χ4n) is 1.64. The molecule has 0 saturated carbocycles. The molecule has 0 radical (unpaired) electrons. The van der Waals surface area contributed by atoms with Crippen LogP contribution in [0.2, 0.25) is 0 Å². The van der Waals surface area contributed by atoms with Crippen LogP contribution in [0.15, 0.2) is 36.5 Å². The van der Waals surface area contributed by atoms with Crippen LogP contribution in [0.5, 0.6) is 0 Å². The summed E-state index contributed by atoms with van der Waals surface area (Å²) in [6.45, 7) is 6.92. The summed E-state index contributed by atoms with van der Waals surface area (Å²) in [6, 6.07) is 9.66. The van der Waals surface area contributed by atoms with Crippen molar-refractivity contribution in [2.75, 3.05) is 6.54 Å². The molecule has 0 saturated heterocycles. The Kier molecular flexibility index (Phi) is 3.32. The molecule has 3 nitrogen and oxygen atoms in total. The first-order valence-corrected chi connectivity index (χ1v) is 6.09. The van der Waals surface area contributed by atoms with E-state index < -0.39 is 0 Å². The zero-order chi connectivity index (χ0) is 13.2. The third-order valence-electron chi connectivity index (χ3n) is 2.63. The first-order chi connectivity index (χ1) is 8.46. The number of carbonyl (C=O) groups is 1. The highest BCUT2D eigenvalue weighted by Gasteiger charge is 2.13. The number of aromatic nitrogens is 1. The Bertz CT molecular complexity index is 570. The molecular formula is C15H18N2O. The van der Waals surface area contributed by atoms with Gasteiger partial charge in [0.15, 0.2) is 0 Å². The van der Waals surface area contributed by atoms with Gasteiger partial charge in [-0.15, -0.1) is 0 Å². The number of para-hydroxylation sites is 1. The molecule has 0 fully saturated rings. The normalized spacial score (nSPS) is 11.5. The lowest BCUT2D eigenvalue weighted by molar-refractivity contribution is 0.0939. The molecule has 3 heteroatoms. The molecule has 18 heavy (non-hydrogen) atoms. The van der Waals surface area contributed by atoms with E-state index in [1.807, 2.05) is 30.3 Å². The Balaban J connectivity index is 2.18. The molecule has 0 atom stereocenters. The van der Waals surface area contributed by atoms with Gasteiger partial charge in [0.25, 0.3) is 5.91 Å². The molecule has 1 heterocycles. The second kappa shape index (κ2) is 4.77. The van der Waals surface area contributed by atoms with E-state index >= 15 is 0 Å². The molecular weight excluding hydrogens is 224 g/mol. The van der Waals surface area contributed by atoms with Gasteiger partial charge in [0.1, 0.15) is 0 Å². The highest BCUT2D eigenvalue weighted by Crippen LogP contribution is 2.14. The van der Waals surface area contributed by atoms with Crippen LogP contribution >= 0.6 is 0 Å². The minimum Gasteiger partial charge on any atom is -0.351 e. The zero-order valence-electron chi connectivity index (χ0n) is 11.0. The third-order valence-corrected chi connectivity index (χ3v) is 2.63. The molecule has 0 bridgehead atoms. The Morgan fingerprint density at radius 3 is 2.72 bits per heavy atom. The predicted octanol–water partition coefficient (Wildman–Crippen LogP) is 3.01. The average Bonchev–Trinajstić information content (AvgIpc) is 2.34. The molecule has 0 aliphatic rings. The first kappa shape index (κ1) is 12.6. The summed E-state index contributed by atoms with van der Waals surface area (Å²) in [5, 5.41) is 3.91. The molecule has 2 rings (SSSR count). The summed E-state index contributed by atoms with van der Waals surface area (Å²) in [5.74, 6) is -0.0665. The van der Waals surface area contributed by atoms with Crippen LogP contribution in [-0.4, -0.2) is 17.4 Å². The Labute approximate surface area is 107 Å².